The van der Waals surface area contributed by atoms with Crippen LogP contribution in [-0.2, 0) is 9.53 Å². The molecule has 0 radical (unpaired) electrons. The van der Waals surface area contributed by atoms with Gasteiger partial charge in [0, 0.05) is 19.7 Å². The molecule has 1 unspecified atom stereocenters. The number of piperidine rings is 1. The lowest BCUT2D eigenvalue weighted by Gasteiger charge is -2.34. The highest BCUT2D eigenvalue weighted by molar-refractivity contribution is 5.83. The Morgan fingerprint density at radius 2 is 1.90 bits per heavy atom. The summed E-state index contributed by atoms with van der Waals surface area (Å²) >= 11 is 0. The molecule has 0 bridgehead atoms. The van der Waals surface area contributed by atoms with Gasteiger partial charge in [0.05, 0.1) is 6.10 Å². The molecule has 1 aliphatic heterocycles. The van der Waals surface area contributed by atoms with Gasteiger partial charge in [-0.1, -0.05) is 20.8 Å². The number of carboxylic acids is 1. The van der Waals surface area contributed by atoms with E-state index in [4.69, 9.17) is 4.74 Å². The molecule has 0 aromatic carbocycles. The fourth-order valence-corrected chi connectivity index (χ4v) is 2.32. The summed E-state index contributed by atoms with van der Waals surface area (Å²) in [6.45, 7) is 9.25. The van der Waals surface area contributed by atoms with Gasteiger partial charge in [-0.25, -0.2) is 9.59 Å². The number of hydrogen-bond donors (Lipinski definition) is 2. The van der Waals surface area contributed by atoms with Crippen molar-refractivity contribution >= 4 is 12.0 Å². The maximum Gasteiger partial charge on any atom is 0.326 e. The Hall–Kier alpha value is -1.30. The van der Waals surface area contributed by atoms with Crippen molar-refractivity contribution in [2.24, 2.45) is 5.41 Å². The van der Waals surface area contributed by atoms with E-state index in [1.54, 1.807) is 25.7 Å². The number of carboxylic acid groups (broad SMARTS) is 1. The van der Waals surface area contributed by atoms with Gasteiger partial charge >= 0.3 is 12.0 Å². The van der Waals surface area contributed by atoms with Gasteiger partial charge in [0.2, 0.25) is 0 Å². The normalized spacial score (nSPS) is 18.7. The molecule has 20 heavy (non-hydrogen) atoms. The standard InChI is InChI=1S/C14H26N2O4/c1-5-20-10-6-8-16(9-7-10)13(19)15-11(12(17)18)14(2,3)4/h10-11H,5-9H2,1-4H3,(H,15,19)(H,17,18). The van der Waals surface area contributed by atoms with E-state index in [1.807, 2.05) is 6.92 Å². The highest BCUT2D eigenvalue weighted by Crippen LogP contribution is 2.20. The van der Waals surface area contributed by atoms with Gasteiger partial charge in [-0.15, -0.1) is 0 Å². The second-order valence-electron chi connectivity index (χ2n) is 6.23. The summed E-state index contributed by atoms with van der Waals surface area (Å²) < 4.78 is 5.53. The van der Waals surface area contributed by atoms with Crippen molar-refractivity contribution in [1.29, 1.82) is 0 Å². The molecule has 6 nitrogen and oxygen atoms in total. The van der Waals surface area contributed by atoms with Crippen LogP contribution in [0.4, 0.5) is 4.79 Å². The Balaban J connectivity index is 2.53. The summed E-state index contributed by atoms with van der Waals surface area (Å²) in [6.07, 6.45) is 1.81. The third-order valence-corrected chi connectivity index (χ3v) is 3.51. The summed E-state index contributed by atoms with van der Waals surface area (Å²) in [5, 5.41) is 11.8. The predicted molar refractivity (Wildman–Crippen MR) is 75.6 cm³/mol. The van der Waals surface area contributed by atoms with Crippen LogP contribution in [0.1, 0.15) is 40.5 Å². The Morgan fingerprint density at radius 1 is 1.35 bits per heavy atom. The minimum Gasteiger partial charge on any atom is -0.480 e. The number of carbonyl (C=O) groups is 2. The van der Waals surface area contributed by atoms with Crippen molar-refractivity contribution in [3.8, 4) is 0 Å². The number of nitrogens with one attached hydrogen (secondary N) is 1. The van der Waals surface area contributed by atoms with Crippen LogP contribution < -0.4 is 5.32 Å². The minimum atomic E-state index is -1.00. The highest BCUT2D eigenvalue weighted by Gasteiger charge is 2.34. The molecule has 1 heterocycles. The molecule has 1 aliphatic rings. The van der Waals surface area contributed by atoms with Crippen molar-refractivity contribution in [2.75, 3.05) is 19.7 Å². The summed E-state index contributed by atoms with van der Waals surface area (Å²) in [6, 6.07) is -1.19. The molecular weight excluding hydrogens is 260 g/mol. The number of ether oxygens (including phenoxy) is 1. The highest BCUT2D eigenvalue weighted by atomic mass is 16.5. The second-order valence-corrected chi connectivity index (χ2v) is 6.23. The summed E-state index contributed by atoms with van der Waals surface area (Å²) in [7, 11) is 0. The van der Waals surface area contributed by atoms with Gasteiger partial charge in [-0.2, -0.15) is 0 Å². The average molecular weight is 286 g/mol. The van der Waals surface area contributed by atoms with Crippen LogP contribution in [0.15, 0.2) is 0 Å². The van der Waals surface area contributed by atoms with E-state index >= 15 is 0 Å². The maximum atomic E-state index is 12.1. The van der Waals surface area contributed by atoms with E-state index < -0.39 is 17.4 Å². The van der Waals surface area contributed by atoms with Gasteiger partial charge < -0.3 is 20.1 Å². The number of hydrogen-bond acceptors (Lipinski definition) is 3. The van der Waals surface area contributed by atoms with E-state index in [1.165, 1.54) is 0 Å². The summed E-state index contributed by atoms with van der Waals surface area (Å²) in [5.74, 6) is -1.00. The summed E-state index contributed by atoms with van der Waals surface area (Å²) in [4.78, 5) is 25.0. The fraction of sp³-hybridized carbons (Fsp3) is 0.857. The lowest BCUT2D eigenvalue weighted by atomic mass is 9.87. The van der Waals surface area contributed by atoms with Crippen LogP contribution in [-0.4, -0.2) is 53.8 Å². The molecule has 2 amide bonds. The summed E-state index contributed by atoms with van der Waals surface area (Å²) in [5.41, 5.74) is -0.523. The lowest BCUT2D eigenvalue weighted by Crippen LogP contribution is -2.55. The Morgan fingerprint density at radius 3 is 2.30 bits per heavy atom. The van der Waals surface area contributed by atoms with Gasteiger partial charge in [0.1, 0.15) is 6.04 Å². The number of urea groups is 1. The molecule has 0 aromatic rings. The SMILES string of the molecule is CCOC1CCN(C(=O)NC(C(=O)O)C(C)(C)C)CC1. The number of aliphatic carboxylic acids is 1. The van der Waals surface area contributed by atoms with Gasteiger partial charge in [0.25, 0.3) is 0 Å². The van der Waals surface area contributed by atoms with Crippen molar-refractivity contribution in [3.63, 3.8) is 0 Å². The van der Waals surface area contributed by atoms with Gasteiger partial charge in [-0.05, 0) is 25.2 Å². The first-order valence-electron chi connectivity index (χ1n) is 7.15. The zero-order valence-corrected chi connectivity index (χ0v) is 12.8. The van der Waals surface area contributed by atoms with Crippen LogP contribution in [0.3, 0.4) is 0 Å². The number of carbonyl (C=O) groups excluding carboxylic acids is 1. The molecule has 2 N–H and O–H groups in total. The number of amides is 2. The van der Waals surface area contributed by atoms with Crippen LogP contribution in [0.2, 0.25) is 0 Å². The molecule has 0 aromatic heterocycles. The van der Waals surface area contributed by atoms with Crippen LogP contribution in [0.25, 0.3) is 0 Å². The first-order valence-corrected chi connectivity index (χ1v) is 7.15. The molecular formula is C14H26N2O4. The van der Waals surface area contributed by atoms with Gasteiger partial charge in [0.15, 0.2) is 0 Å². The first kappa shape index (κ1) is 16.8. The number of likely N-dealkylation sites (tertiary alicyclic amines) is 1. The van der Waals surface area contributed by atoms with E-state index in [2.05, 4.69) is 5.32 Å². The second kappa shape index (κ2) is 6.92. The van der Waals surface area contributed by atoms with E-state index in [9.17, 15) is 14.7 Å². The largest absolute Gasteiger partial charge is 0.480 e. The Bertz CT molecular complexity index is 344. The molecule has 1 rings (SSSR count). The quantitative estimate of drug-likeness (QED) is 0.824. The van der Waals surface area contributed by atoms with Crippen LogP contribution >= 0.6 is 0 Å². The molecule has 116 valence electrons. The first-order chi connectivity index (χ1) is 9.25. The molecule has 0 spiro atoms. The van der Waals surface area contributed by atoms with Crippen molar-refractivity contribution in [3.05, 3.63) is 0 Å². The third kappa shape index (κ3) is 4.67. The minimum absolute atomic E-state index is 0.210. The van der Waals surface area contributed by atoms with E-state index in [0.717, 1.165) is 12.8 Å². The lowest BCUT2D eigenvalue weighted by molar-refractivity contribution is -0.142. The molecule has 6 heteroatoms. The Labute approximate surface area is 120 Å². The monoisotopic (exact) mass is 286 g/mol. The van der Waals surface area contributed by atoms with E-state index in [0.29, 0.717) is 19.7 Å². The average Bonchev–Trinajstić information content (AvgIpc) is 2.35. The molecule has 0 saturated carbocycles. The molecule has 1 saturated heterocycles. The smallest absolute Gasteiger partial charge is 0.326 e. The van der Waals surface area contributed by atoms with Gasteiger partial charge in [-0.3, -0.25) is 0 Å². The zero-order chi connectivity index (χ0) is 15.3. The number of nitrogens with zero attached hydrogens (tertiary/aromatic N) is 1. The molecule has 0 aliphatic carbocycles. The van der Waals surface area contributed by atoms with E-state index in [-0.39, 0.29) is 12.1 Å². The fourth-order valence-electron chi connectivity index (χ4n) is 2.32. The number of rotatable bonds is 4. The van der Waals surface area contributed by atoms with Crippen LogP contribution in [0.5, 0.6) is 0 Å². The predicted octanol–water partition coefficient (Wildman–Crippen LogP) is 1.70. The van der Waals surface area contributed by atoms with Crippen LogP contribution in [0, 0.1) is 5.41 Å². The molecule has 1 atom stereocenters. The molecule has 1 fully saturated rings. The Kier molecular flexibility index (Phi) is 5.80. The van der Waals surface area contributed by atoms with Crippen molar-refractivity contribution < 1.29 is 19.4 Å². The zero-order valence-electron chi connectivity index (χ0n) is 12.8. The van der Waals surface area contributed by atoms with Crippen molar-refractivity contribution in [1.82, 2.24) is 10.2 Å². The third-order valence-electron chi connectivity index (χ3n) is 3.51. The van der Waals surface area contributed by atoms with Crippen molar-refractivity contribution in [2.45, 2.75) is 52.7 Å². The topological polar surface area (TPSA) is 78.9 Å². The maximum absolute atomic E-state index is 12.1.